The van der Waals surface area contributed by atoms with Crippen LogP contribution in [0.3, 0.4) is 0 Å². The van der Waals surface area contributed by atoms with E-state index in [4.69, 9.17) is 5.11 Å². The van der Waals surface area contributed by atoms with E-state index >= 15 is 0 Å². The fourth-order valence-electron chi connectivity index (χ4n) is 1.35. The van der Waals surface area contributed by atoms with Crippen LogP contribution in [0.2, 0.25) is 0 Å². The number of rotatable bonds is 2. The highest BCUT2D eigenvalue weighted by atomic mass is 31.0. The van der Waals surface area contributed by atoms with Crippen molar-refractivity contribution in [1.29, 1.82) is 0 Å². The van der Waals surface area contributed by atoms with E-state index in [9.17, 15) is 4.79 Å². The second kappa shape index (κ2) is 3.33. The van der Waals surface area contributed by atoms with Gasteiger partial charge < -0.3 is 5.11 Å². The van der Waals surface area contributed by atoms with Crippen molar-refractivity contribution in [2.75, 3.05) is 0 Å². The Kier molecular flexibility index (Phi) is 2.63. The standard InChI is InChI=1S/C7H12NO2P/c1-2-5-3-4-6(7(9)10)8(5)11/h2,5-6H,1,3-4,11H2,(H,9,10)/t5-,6-/m0/s1. The minimum absolute atomic E-state index is 0.209. The SMILES string of the molecule is C=C[C@H]1CC[C@@H](C(=O)O)N1P. The van der Waals surface area contributed by atoms with E-state index in [0.717, 1.165) is 12.8 Å². The number of aliphatic carboxylic acids is 1. The van der Waals surface area contributed by atoms with Crippen molar-refractivity contribution in [3.05, 3.63) is 12.7 Å². The number of carboxylic acids is 1. The first-order valence-electron chi connectivity index (χ1n) is 3.55. The molecule has 1 unspecified atom stereocenters. The molecule has 3 atom stereocenters. The maximum atomic E-state index is 10.6. The van der Waals surface area contributed by atoms with Gasteiger partial charge in [-0.05, 0) is 12.8 Å². The lowest BCUT2D eigenvalue weighted by atomic mass is 10.2. The van der Waals surface area contributed by atoms with E-state index in [-0.39, 0.29) is 12.1 Å². The summed E-state index contributed by atoms with van der Waals surface area (Å²) in [6.07, 6.45) is 3.40. The lowest BCUT2D eigenvalue weighted by Crippen LogP contribution is -2.31. The highest BCUT2D eigenvalue weighted by Crippen LogP contribution is 2.28. The largest absolute Gasteiger partial charge is 0.480 e. The van der Waals surface area contributed by atoms with Gasteiger partial charge in [-0.3, -0.25) is 9.46 Å². The van der Waals surface area contributed by atoms with Crippen molar-refractivity contribution in [2.24, 2.45) is 0 Å². The Balaban J connectivity index is 2.62. The average Bonchev–Trinajstić information content (AvgIpc) is 2.30. The fraction of sp³-hybridized carbons (Fsp3) is 0.571. The summed E-state index contributed by atoms with van der Waals surface area (Å²) in [4.78, 5) is 10.6. The first kappa shape index (κ1) is 8.69. The van der Waals surface area contributed by atoms with Crippen LogP contribution in [-0.4, -0.2) is 27.8 Å². The maximum absolute atomic E-state index is 10.6. The van der Waals surface area contributed by atoms with Gasteiger partial charge in [0.05, 0.1) is 0 Å². The molecule has 1 heterocycles. The number of hydrogen-bond acceptors (Lipinski definition) is 2. The molecule has 3 nitrogen and oxygen atoms in total. The molecule has 0 radical (unpaired) electrons. The van der Waals surface area contributed by atoms with Crippen molar-refractivity contribution in [1.82, 2.24) is 4.67 Å². The molecule has 4 heteroatoms. The smallest absolute Gasteiger partial charge is 0.321 e. The van der Waals surface area contributed by atoms with E-state index in [1.165, 1.54) is 0 Å². The molecule has 1 N–H and O–H groups in total. The fourth-order valence-corrected chi connectivity index (χ4v) is 1.90. The lowest BCUT2D eigenvalue weighted by Gasteiger charge is -2.19. The molecule has 0 bridgehead atoms. The molecule has 0 spiro atoms. The predicted molar refractivity (Wildman–Crippen MR) is 46.2 cm³/mol. The van der Waals surface area contributed by atoms with Gasteiger partial charge in [-0.15, -0.1) is 6.58 Å². The molecule has 1 fully saturated rings. The van der Waals surface area contributed by atoms with Crippen LogP contribution in [0.15, 0.2) is 12.7 Å². The third-order valence-corrected chi connectivity index (χ3v) is 2.78. The first-order valence-corrected chi connectivity index (χ1v) is 4.07. The summed E-state index contributed by atoms with van der Waals surface area (Å²) in [6.45, 7) is 3.64. The summed E-state index contributed by atoms with van der Waals surface area (Å²) in [6, 6.07) is -0.135. The van der Waals surface area contributed by atoms with Gasteiger partial charge in [-0.1, -0.05) is 15.5 Å². The quantitative estimate of drug-likeness (QED) is 0.497. The van der Waals surface area contributed by atoms with Crippen LogP contribution in [0.25, 0.3) is 0 Å². The van der Waals surface area contributed by atoms with Crippen LogP contribution >= 0.6 is 9.39 Å². The Bertz CT molecular complexity index is 183. The molecule has 0 aliphatic carbocycles. The molecule has 1 rings (SSSR count). The number of carboxylic acid groups (broad SMARTS) is 1. The van der Waals surface area contributed by atoms with Gasteiger partial charge in [0.15, 0.2) is 0 Å². The van der Waals surface area contributed by atoms with E-state index in [1.807, 2.05) is 0 Å². The van der Waals surface area contributed by atoms with E-state index in [1.54, 1.807) is 10.7 Å². The minimum Gasteiger partial charge on any atom is -0.480 e. The molecular formula is C7H12NO2P. The van der Waals surface area contributed by atoms with Crippen molar-refractivity contribution >= 4 is 15.4 Å². The van der Waals surface area contributed by atoms with Gasteiger partial charge in [0, 0.05) is 6.04 Å². The van der Waals surface area contributed by atoms with Gasteiger partial charge in [-0.2, -0.15) is 0 Å². The molecule has 62 valence electrons. The number of carbonyl (C=O) groups is 1. The second-order valence-corrected chi connectivity index (χ2v) is 3.28. The third kappa shape index (κ3) is 1.60. The van der Waals surface area contributed by atoms with E-state index < -0.39 is 5.97 Å². The molecule has 0 amide bonds. The Morgan fingerprint density at radius 1 is 1.73 bits per heavy atom. The van der Waals surface area contributed by atoms with Crippen LogP contribution in [-0.2, 0) is 4.79 Å². The van der Waals surface area contributed by atoms with Gasteiger partial charge in [0.1, 0.15) is 6.04 Å². The zero-order chi connectivity index (χ0) is 8.43. The first-order chi connectivity index (χ1) is 5.16. The van der Waals surface area contributed by atoms with Crippen molar-refractivity contribution in [2.45, 2.75) is 24.9 Å². The van der Waals surface area contributed by atoms with Crippen LogP contribution in [0.5, 0.6) is 0 Å². The Morgan fingerprint density at radius 3 is 2.64 bits per heavy atom. The Labute approximate surface area is 68.3 Å². The molecule has 1 aliphatic rings. The minimum atomic E-state index is -0.746. The van der Waals surface area contributed by atoms with Gasteiger partial charge in [-0.25, -0.2) is 0 Å². The zero-order valence-corrected chi connectivity index (χ0v) is 7.39. The number of hydrogen-bond donors (Lipinski definition) is 1. The summed E-state index contributed by atoms with van der Waals surface area (Å²) in [5, 5.41) is 8.71. The molecule has 1 saturated heterocycles. The summed E-state index contributed by atoms with van der Waals surface area (Å²) in [7, 11) is 2.45. The van der Waals surface area contributed by atoms with Crippen LogP contribution in [0.1, 0.15) is 12.8 Å². The molecule has 0 saturated carbocycles. The van der Waals surface area contributed by atoms with E-state index in [2.05, 4.69) is 16.0 Å². The topological polar surface area (TPSA) is 40.5 Å². The van der Waals surface area contributed by atoms with Crippen LogP contribution in [0.4, 0.5) is 0 Å². The monoisotopic (exact) mass is 173 g/mol. The molecule has 0 aromatic rings. The van der Waals surface area contributed by atoms with E-state index in [0.29, 0.717) is 0 Å². The highest BCUT2D eigenvalue weighted by Gasteiger charge is 2.33. The third-order valence-electron chi connectivity index (χ3n) is 2.04. The molecule has 0 aromatic heterocycles. The number of nitrogens with zero attached hydrogens (tertiary/aromatic N) is 1. The molecular weight excluding hydrogens is 161 g/mol. The molecule has 0 aromatic carbocycles. The average molecular weight is 173 g/mol. The van der Waals surface area contributed by atoms with Crippen molar-refractivity contribution < 1.29 is 9.90 Å². The summed E-state index contributed by atoms with van der Waals surface area (Å²) in [5.41, 5.74) is 0. The summed E-state index contributed by atoms with van der Waals surface area (Å²) >= 11 is 0. The second-order valence-electron chi connectivity index (χ2n) is 2.68. The summed E-state index contributed by atoms with van der Waals surface area (Å²) < 4.78 is 1.77. The summed E-state index contributed by atoms with van der Waals surface area (Å²) in [5.74, 6) is -0.746. The molecule has 11 heavy (non-hydrogen) atoms. The predicted octanol–water partition coefficient (Wildman–Crippen LogP) is 0.880. The van der Waals surface area contributed by atoms with Crippen LogP contribution < -0.4 is 0 Å². The Hall–Kier alpha value is -0.400. The van der Waals surface area contributed by atoms with Crippen LogP contribution in [0, 0.1) is 0 Å². The highest BCUT2D eigenvalue weighted by molar-refractivity contribution is 7.13. The van der Waals surface area contributed by atoms with Gasteiger partial charge >= 0.3 is 5.97 Å². The van der Waals surface area contributed by atoms with Gasteiger partial charge in [0.2, 0.25) is 0 Å². The van der Waals surface area contributed by atoms with Crippen molar-refractivity contribution in [3.63, 3.8) is 0 Å². The maximum Gasteiger partial charge on any atom is 0.321 e. The molecule has 1 aliphatic heterocycles. The zero-order valence-electron chi connectivity index (χ0n) is 6.23. The Morgan fingerprint density at radius 2 is 2.36 bits per heavy atom. The normalized spacial score (nSPS) is 32.1. The van der Waals surface area contributed by atoms with Crippen molar-refractivity contribution in [3.8, 4) is 0 Å². The lowest BCUT2D eigenvalue weighted by molar-refractivity contribution is -0.140. The van der Waals surface area contributed by atoms with Gasteiger partial charge in [0.25, 0.3) is 0 Å².